The first-order valence-corrected chi connectivity index (χ1v) is 4.59. The summed E-state index contributed by atoms with van der Waals surface area (Å²) in [5, 5.41) is 0. The Bertz CT molecular complexity index is 390. The summed E-state index contributed by atoms with van der Waals surface area (Å²) in [7, 11) is 1.43. The summed E-state index contributed by atoms with van der Waals surface area (Å²) in [6.45, 7) is 1.98. The largest absolute Gasteiger partial charge is 0.468 e. The van der Waals surface area contributed by atoms with Gasteiger partial charge in [0.1, 0.15) is 5.92 Å². The molecule has 0 radical (unpaired) electrons. The molecular weight excluding hydrogens is 176 g/mol. The van der Waals surface area contributed by atoms with Crippen LogP contribution in [0.5, 0.6) is 0 Å². The van der Waals surface area contributed by atoms with Crippen LogP contribution in [0.15, 0.2) is 35.9 Å². The van der Waals surface area contributed by atoms with Crippen molar-refractivity contribution in [2.75, 3.05) is 7.11 Å². The molecule has 1 aromatic carbocycles. The van der Waals surface area contributed by atoms with Crippen molar-refractivity contribution in [1.82, 2.24) is 0 Å². The lowest BCUT2D eigenvalue weighted by Crippen LogP contribution is -2.05. The van der Waals surface area contributed by atoms with Crippen LogP contribution >= 0.6 is 0 Å². The molecule has 0 saturated carbocycles. The molecule has 1 aliphatic rings. The molecule has 0 fully saturated rings. The maximum Gasteiger partial charge on any atom is 0.317 e. The van der Waals surface area contributed by atoms with Crippen molar-refractivity contribution in [1.29, 1.82) is 0 Å². The van der Waals surface area contributed by atoms with Crippen LogP contribution in [0.3, 0.4) is 0 Å². The molecule has 0 spiro atoms. The first kappa shape index (κ1) is 9.00. The smallest absolute Gasteiger partial charge is 0.317 e. The van der Waals surface area contributed by atoms with Crippen molar-refractivity contribution in [2.45, 2.75) is 6.92 Å². The second kappa shape index (κ2) is 3.29. The summed E-state index contributed by atoms with van der Waals surface area (Å²) in [5.41, 5.74) is 3.38. The number of ether oxygens (including phenoxy) is 1. The van der Waals surface area contributed by atoms with Crippen LogP contribution in [0.2, 0.25) is 0 Å². The zero-order valence-corrected chi connectivity index (χ0v) is 8.28. The molecule has 0 aliphatic heterocycles. The number of hydrogen-bond acceptors (Lipinski definition) is 2. The molecule has 0 amide bonds. The lowest BCUT2D eigenvalue weighted by molar-refractivity contribution is -0.141. The third-order valence-corrected chi connectivity index (χ3v) is 2.58. The Morgan fingerprint density at radius 2 is 1.93 bits per heavy atom. The van der Waals surface area contributed by atoms with E-state index in [1.807, 2.05) is 37.3 Å². The first-order chi connectivity index (χ1) is 6.75. The van der Waals surface area contributed by atoms with Crippen LogP contribution < -0.4 is 0 Å². The quantitative estimate of drug-likeness (QED) is 0.665. The fourth-order valence-electron chi connectivity index (χ4n) is 1.75. The molecule has 1 aromatic rings. The van der Waals surface area contributed by atoms with Gasteiger partial charge >= 0.3 is 5.97 Å². The fraction of sp³-hybridized carbons (Fsp3) is 0.250. The molecule has 0 aromatic heterocycles. The molecule has 1 atom stereocenters. The number of carbonyl (C=O) groups is 1. The maximum absolute atomic E-state index is 11.3. The zero-order chi connectivity index (χ0) is 10.1. The molecule has 0 N–H and O–H groups in total. The summed E-state index contributed by atoms with van der Waals surface area (Å²) in [6.07, 6.45) is 0. The predicted molar refractivity (Wildman–Crippen MR) is 54.5 cm³/mol. The Morgan fingerprint density at radius 3 is 2.50 bits per heavy atom. The molecule has 2 heteroatoms. The van der Waals surface area contributed by atoms with E-state index in [2.05, 4.69) is 0 Å². The first-order valence-electron chi connectivity index (χ1n) is 4.59. The Labute approximate surface area is 83.2 Å². The van der Waals surface area contributed by atoms with Gasteiger partial charge in [0.15, 0.2) is 0 Å². The van der Waals surface area contributed by atoms with Crippen molar-refractivity contribution in [2.24, 2.45) is 5.92 Å². The molecule has 0 bridgehead atoms. The molecule has 0 heterocycles. The van der Waals surface area contributed by atoms with Gasteiger partial charge in [0, 0.05) is 0 Å². The topological polar surface area (TPSA) is 26.3 Å². The van der Waals surface area contributed by atoms with Crippen LogP contribution in [0.25, 0.3) is 5.57 Å². The van der Waals surface area contributed by atoms with E-state index in [1.54, 1.807) is 0 Å². The summed E-state index contributed by atoms with van der Waals surface area (Å²) >= 11 is 0. The third-order valence-electron chi connectivity index (χ3n) is 2.58. The highest BCUT2D eigenvalue weighted by molar-refractivity contribution is 6.03. The van der Waals surface area contributed by atoms with Crippen LogP contribution in [0.4, 0.5) is 0 Å². The van der Waals surface area contributed by atoms with E-state index >= 15 is 0 Å². The molecule has 1 aliphatic carbocycles. The van der Waals surface area contributed by atoms with Crippen LogP contribution in [0.1, 0.15) is 12.5 Å². The second-order valence-corrected chi connectivity index (χ2v) is 3.42. The minimum absolute atomic E-state index is 0.0950. The van der Waals surface area contributed by atoms with Gasteiger partial charge in [0.25, 0.3) is 0 Å². The van der Waals surface area contributed by atoms with E-state index in [-0.39, 0.29) is 11.9 Å². The molecule has 2 nitrogen and oxygen atoms in total. The number of esters is 1. The van der Waals surface area contributed by atoms with Crippen molar-refractivity contribution in [3.63, 3.8) is 0 Å². The normalized spacial score (nSPS) is 19.4. The zero-order valence-electron chi connectivity index (χ0n) is 8.28. The molecule has 14 heavy (non-hydrogen) atoms. The highest BCUT2D eigenvalue weighted by Gasteiger charge is 2.40. The van der Waals surface area contributed by atoms with Gasteiger partial charge in [-0.2, -0.15) is 0 Å². The van der Waals surface area contributed by atoms with Crippen LogP contribution in [-0.2, 0) is 9.53 Å². The van der Waals surface area contributed by atoms with E-state index < -0.39 is 0 Å². The number of benzene rings is 1. The second-order valence-electron chi connectivity index (χ2n) is 3.42. The van der Waals surface area contributed by atoms with Gasteiger partial charge in [0.2, 0.25) is 0 Å². The number of hydrogen-bond donors (Lipinski definition) is 0. The summed E-state index contributed by atoms with van der Waals surface area (Å²) in [4.78, 5) is 11.3. The molecular formula is C12H12O2. The Balaban J connectivity index is 2.20. The van der Waals surface area contributed by atoms with Crippen molar-refractivity contribution in [3.05, 3.63) is 41.5 Å². The van der Waals surface area contributed by atoms with E-state index in [0.717, 1.165) is 16.7 Å². The summed E-state index contributed by atoms with van der Waals surface area (Å²) < 4.78 is 4.72. The minimum atomic E-state index is -0.152. The SMILES string of the molecule is COC(=O)C1C(C)=C1c1ccccc1. The third kappa shape index (κ3) is 1.33. The molecule has 0 saturated heterocycles. The molecule has 1 unspecified atom stereocenters. The van der Waals surface area contributed by atoms with Gasteiger partial charge in [-0.05, 0) is 23.6 Å². The van der Waals surface area contributed by atoms with Gasteiger partial charge in [-0.3, -0.25) is 4.79 Å². The van der Waals surface area contributed by atoms with E-state index in [9.17, 15) is 4.79 Å². The van der Waals surface area contributed by atoms with E-state index in [1.165, 1.54) is 7.11 Å². The van der Waals surface area contributed by atoms with Crippen LogP contribution in [0, 0.1) is 5.92 Å². The number of carbonyl (C=O) groups excluding carboxylic acids is 1. The number of methoxy groups -OCH3 is 1. The Hall–Kier alpha value is -1.57. The van der Waals surface area contributed by atoms with Crippen molar-refractivity contribution < 1.29 is 9.53 Å². The van der Waals surface area contributed by atoms with Gasteiger partial charge in [-0.15, -0.1) is 0 Å². The van der Waals surface area contributed by atoms with Crippen molar-refractivity contribution >= 4 is 11.5 Å². The average Bonchev–Trinajstić information content (AvgIpc) is 2.90. The highest BCUT2D eigenvalue weighted by Crippen LogP contribution is 2.46. The van der Waals surface area contributed by atoms with Gasteiger partial charge < -0.3 is 4.74 Å². The minimum Gasteiger partial charge on any atom is -0.468 e. The highest BCUT2D eigenvalue weighted by atomic mass is 16.5. The molecule has 72 valence electrons. The van der Waals surface area contributed by atoms with Gasteiger partial charge in [-0.1, -0.05) is 30.3 Å². The van der Waals surface area contributed by atoms with Crippen molar-refractivity contribution in [3.8, 4) is 0 Å². The molecule has 2 rings (SSSR count). The Morgan fingerprint density at radius 1 is 1.29 bits per heavy atom. The predicted octanol–water partition coefficient (Wildman–Crippen LogP) is 2.26. The Kier molecular flexibility index (Phi) is 2.12. The number of rotatable bonds is 2. The van der Waals surface area contributed by atoms with Gasteiger partial charge in [-0.25, -0.2) is 0 Å². The van der Waals surface area contributed by atoms with Crippen LogP contribution in [-0.4, -0.2) is 13.1 Å². The maximum atomic E-state index is 11.3. The van der Waals surface area contributed by atoms with Gasteiger partial charge in [0.05, 0.1) is 7.11 Å². The van der Waals surface area contributed by atoms with E-state index in [0.29, 0.717) is 0 Å². The lowest BCUT2D eigenvalue weighted by atomic mass is 10.1. The lowest BCUT2D eigenvalue weighted by Gasteiger charge is -1.98. The fourth-order valence-corrected chi connectivity index (χ4v) is 1.75. The monoisotopic (exact) mass is 188 g/mol. The summed E-state index contributed by atoms with van der Waals surface area (Å²) in [5.74, 6) is -0.247. The van der Waals surface area contributed by atoms with E-state index in [4.69, 9.17) is 4.74 Å². The standard InChI is InChI=1S/C12H12O2/c1-8-10(11(8)12(13)14-2)9-6-4-3-5-7-9/h3-7,11H,1-2H3. The average molecular weight is 188 g/mol. The summed E-state index contributed by atoms with van der Waals surface area (Å²) in [6, 6.07) is 9.95.